The highest BCUT2D eigenvalue weighted by molar-refractivity contribution is 6.00. The molecule has 0 aromatic carbocycles. The summed E-state index contributed by atoms with van der Waals surface area (Å²) in [6.07, 6.45) is 2.92. The molecule has 0 saturated heterocycles. The van der Waals surface area contributed by atoms with Crippen molar-refractivity contribution in [2.75, 3.05) is 0 Å². The number of carbonyl (C=O) groups excluding carboxylic acids is 2. The summed E-state index contributed by atoms with van der Waals surface area (Å²) in [7, 11) is 0. The summed E-state index contributed by atoms with van der Waals surface area (Å²) in [5, 5.41) is 0. The molecule has 13 unspecified atom stereocenters. The number of rotatable bonds is 0. The van der Waals surface area contributed by atoms with Crippen molar-refractivity contribution in [2.24, 2.45) is 116 Å². The first-order valence-electron chi connectivity index (χ1n) is 26.2. The normalized spacial score (nSPS) is 39.6. The van der Waals surface area contributed by atoms with Crippen molar-refractivity contribution in [3.05, 3.63) is 33.4 Å². The maximum Gasteiger partial charge on any atom is 0.161 e. The molecule has 0 bridgehead atoms. The van der Waals surface area contributed by atoms with Gasteiger partial charge in [-0.05, 0) is 158 Å². The Morgan fingerprint density at radius 3 is 0.797 bits per heavy atom. The van der Waals surface area contributed by atoms with Gasteiger partial charge in [-0.3, -0.25) is 9.59 Å². The van der Waals surface area contributed by atoms with Crippen LogP contribution in [0.25, 0.3) is 0 Å². The van der Waals surface area contributed by atoms with Gasteiger partial charge in [0.2, 0.25) is 0 Å². The Bertz CT molecular complexity index is 1580. The number of hydrogen-bond donors (Lipinski definition) is 0. The summed E-state index contributed by atoms with van der Waals surface area (Å²) in [4.78, 5) is 22.8. The maximum atomic E-state index is 11.5. The molecule has 3 radical (unpaired) electrons. The number of allylic oxidation sites excluding steroid dienone is 6. The lowest BCUT2D eigenvalue weighted by Crippen LogP contribution is -2.26. The molecule has 3 heteroatoms. The monoisotopic (exact) mass is 888 g/mol. The van der Waals surface area contributed by atoms with Crippen molar-refractivity contribution in [2.45, 2.75) is 227 Å². The average Bonchev–Trinajstić information content (AvgIpc) is 3.77. The first-order chi connectivity index (χ1) is 28.1. The zero-order valence-electron chi connectivity index (χ0n) is 49.0. The van der Waals surface area contributed by atoms with Crippen LogP contribution in [0.3, 0.4) is 0 Å². The highest BCUT2D eigenvalue weighted by Gasteiger charge is 2.53. The SMILES string of the molecule is CC1=C(C)C(C)(C)C(C)C1C.CC1=C(C)C(C)(C)C(C)C1C.CC1=C(C)C(C)C(C)C1=O.CC1C(=O)C(C)C(C)(C)C1C.CC1C(C)C(C)(C)C(C)C1(C)C.CC1CC(C)C(C)C1.[B]. The molecule has 0 heterocycles. The molecular weight excluding hydrogens is 775 g/mol. The van der Waals surface area contributed by atoms with Crippen LogP contribution in [0.4, 0.5) is 0 Å². The Hall–Kier alpha value is -1.38. The van der Waals surface area contributed by atoms with Crippen LogP contribution in [0.1, 0.15) is 227 Å². The minimum Gasteiger partial charge on any atom is -0.299 e. The van der Waals surface area contributed by atoms with Crippen LogP contribution in [-0.2, 0) is 9.59 Å². The fourth-order valence-corrected chi connectivity index (χ4v) is 12.8. The molecule has 64 heavy (non-hydrogen) atoms. The van der Waals surface area contributed by atoms with Crippen LogP contribution in [0.15, 0.2) is 33.4 Å². The Balaban J connectivity index is 0.000000744. The van der Waals surface area contributed by atoms with Gasteiger partial charge in [-0.15, -0.1) is 0 Å². The van der Waals surface area contributed by atoms with E-state index in [1.54, 1.807) is 22.3 Å². The van der Waals surface area contributed by atoms with Gasteiger partial charge >= 0.3 is 0 Å². The fourth-order valence-electron chi connectivity index (χ4n) is 12.8. The Kier molecular flexibility index (Phi) is 22.3. The largest absolute Gasteiger partial charge is 0.299 e. The van der Waals surface area contributed by atoms with Gasteiger partial charge < -0.3 is 0 Å². The third-order valence-electron chi connectivity index (χ3n) is 22.8. The van der Waals surface area contributed by atoms with Crippen molar-refractivity contribution in [3.8, 4) is 0 Å². The van der Waals surface area contributed by atoms with Crippen molar-refractivity contribution in [3.63, 3.8) is 0 Å². The average molecular weight is 888 g/mol. The second-order valence-corrected chi connectivity index (χ2v) is 26.5. The van der Waals surface area contributed by atoms with E-state index in [2.05, 4.69) is 201 Å². The predicted molar refractivity (Wildman–Crippen MR) is 286 cm³/mol. The second-order valence-electron chi connectivity index (χ2n) is 26.5. The lowest BCUT2D eigenvalue weighted by molar-refractivity contribution is -0.124. The first kappa shape index (κ1) is 62.6. The second kappa shape index (κ2) is 22.8. The summed E-state index contributed by atoms with van der Waals surface area (Å²) in [6.45, 7) is 70.9. The quantitative estimate of drug-likeness (QED) is 0.179. The van der Waals surface area contributed by atoms with Crippen LogP contribution in [0, 0.1) is 116 Å². The van der Waals surface area contributed by atoms with Crippen LogP contribution >= 0.6 is 0 Å². The van der Waals surface area contributed by atoms with E-state index in [0.29, 0.717) is 45.1 Å². The molecule has 0 aromatic heterocycles. The van der Waals surface area contributed by atoms with E-state index in [9.17, 15) is 9.59 Å². The van der Waals surface area contributed by atoms with E-state index in [1.807, 2.05) is 13.8 Å². The van der Waals surface area contributed by atoms with E-state index in [-0.39, 0.29) is 31.6 Å². The molecule has 3 saturated carbocycles. The molecule has 13 atom stereocenters. The zero-order chi connectivity index (χ0) is 50.2. The fraction of sp³-hybridized carbons (Fsp3) is 0.869. The summed E-state index contributed by atoms with van der Waals surface area (Å²) >= 11 is 0. The van der Waals surface area contributed by atoms with Crippen molar-refractivity contribution < 1.29 is 9.59 Å². The molecular formula is C61H112BO2. The van der Waals surface area contributed by atoms with Gasteiger partial charge in [0, 0.05) is 26.2 Å². The van der Waals surface area contributed by atoms with Crippen LogP contribution < -0.4 is 0 Å². The molecule has 6 rings (SSSR count). The number of ketones is 2. The molecule has 0 aromatic rings. The van der Waals surface area contributed by atoms with Gasteiger partial charge in [-0.25, -0.2) is 0 Å². The van der Waals surface area contributed by atoms with E-state index in [1.165, 1.54) is 18.4 Å². The Labute approximate surface area is 404 Å². The number of carbonyl (C=O) groups is 2. The minimum atomic E-state index is 0. The lowest BCUT2D eigenvalue weighted by Gasteiger charge is -2.33. The van der Waals surface area contributed by atoms with E-state index < -0.39 is 0 Å². The smallest absolute Gasteiger partial charge is 0.161 e. The van der Waals surface area contributed by atoms with Crippen LogP contribution in [-0.4, -0.2) is 20.0 Å². The van der Waals surface area contributed by atoms with Gasteiger partial charge in [0.05, 0.1) is 0 Å². The maximum absolute atomic E-state index is 11.5. The lowest BCUT2D eigenvalue weighted by atomic mass is 9.72. The van der Waals surface area contributed by atoms with Gasteiger partial charge in [0.15, 0.2) is 5.78 Å². The van der Waals surface area contributed by atoms with Crippen LogP contribution in [0.2, 0.25) is 0 Å². The van der Waals surface area contributed by atoms with E-state index >= 15 is 0 Å². The molecule has 0 spiro atoms. The molecule has 6 aliphatic rings. The van der Waals surface area contributed by atoms with Crippen molar-refractivity contribution in [1.82, 2.24) is 0 Å². The van der Waals surface area contributed by atoms with E-state index in [0.717, 1.165) is 64.8 Å². The predicted octanol–water partition coefficient (Wildman–Crippen LogP) is 18.2. The summed E-state index contributed by atoms with van der Waals surface area (Å²) in [6, 6.07) is 0. The molecule has 6 aliphatic carbocycles. The number of hydrogen-bond acceptors (Lipinski definition) is 2. The topological polar surface area (TPSA) is 34.1 Å². The van der Waals surface area contributed by atoms with E-state index in [4.69, 9.17) is 0 Å². The van der Waals surface area contributed by atoms with Gasteiger partial charge in [-0.1, -0.05) is 201 Å². The summed E-state index contributed by atoms with van der Waals surface area (Å²) in [5.41, 5.74) is 10.8. The molecule has 3 fully saturated rings. The Morgan fingerprint density at radius 1 is 0.391 bits per heavy atom. The van der Waals surface area contributed by atoms with Gasteiger partial charge in [0.25, 0.3) is 0 Å². The molecule has 2 nitrogen and oxygen atoms in total. The van der Waals surface area contributed by atoms with Crippen molar-refractivity contribution >= 4 is 20.0 Å². The highest BCUT2D eigenvalue weighted by atomic mass is 16.1. The molecule has 0 amide bonds. The zero-order valence-corrected chi connectivity index (χ0v) is 49.0. The third kappa shape index (κ3) is 12.6. The highest BCUT2D eigenvalue weighted by Crippen LogP contribution is 2.60. The summed E-state index contributed by atoms with van der Waals surface area (Å²) in [5.74, 6) is 11.2. The van der Waals surface area contributed by atoms with Crippen molar-refractivity contribution in [1.29, 1.82) is 0 Å². The van der Waals surface area contributed by atoms with Gasteiger partial charge in [-0.2, -0.15) is 0 Å². The third-order valence-corrected chi connectivity index (χ3v) is 22.8. The standard InChI is InChI=1S/C12H24.2C11H20.C10H18O.C9H14O.C8H16.B/c1-8-9(2)12(6,7)10(3)11(8,4)5;2*1-7-8(2)10(4)11(5,6)9(7)3;1-6-7(2)10(4,5)8(3)9(6)11;1-5-6(2)8(4)9(10)7(5)3;1-6-4-7(2)8(3)5-6;/h8-10H,1-7H3;2*7,9H,1-6H3;6-8H,1-5H3;5,7H,1-4H3;6-8H,4-5H2,1-3H3;. The molecule has 0 N–H and O–H groups in total. The Morgan fingerprint density at radius 2 is 0.719 bits per heavy atom. The minimum absolute atomic E-state index is 0. The summed E-state index contributed by atoms with van der Waals surface area (Å²) < 4.78 is 0. The number of Topliss-reactive ketones (excluding diaryl/α,β-unsaturated/α-hetero) is 2. The first-order valence-corrected chi connectivity index (χ1v) is 26.2. The van der Waals surface area contributed by atoms with Crippen LogP contribution in [0.5, 0.6) is 0 Å². The molecule has 371 valence electrons. The molecule has 0 aliphatic heterocycles. The van der Waals surface area contributed by atoms with Gasteiger partial charge in [0.1, 0.15) is 5.78 Å².